The first-order valence-corrected chi connectivity index (χ1v) is 7.84. The van der Waals surface area contributed by atoms with Crippen molar-refractivity contribution in [1.29, 1.82) is 0 Å². The van der Waals surface area contributed by atoms with Gasteiger partial charge in [-0.2, -0.15) is 0 Å². The van der Waals surface area contributed by atoms with Crippen LogP contribution in [0.1, 0.15) is 46.5 Å². The van der Waals surface area contributed by atoms with Crippen LogP contribution in [0.4, 0.5) is 0 Å². The Labute approximate surface area is 119 Å². The van der Waals surface area contributed by atoms with Crippen LogP contribution in [0.3, 0.4) is 0 Å². The molecule has 5 fully saturated rings. The summed E-state index contributed by atoms with van der Waals surface area (Å²) in [4.78, 5) is 11.6. The average molecular weight is 284 g/mol. The minimum absolute atomic E-state index is 0.0379. The van der Waals surface area contributed by atoms with Crippen molar-refractivity contribution in [3.05, 3.63) is 0 Å². The third-order valence-electron chi connectivity index (χ3n) is 6.12. The van der Waals surface area contributed by atoms with Crippen molar-refractivity contribution in [2.45, 2.75) is 70.4 Å². The topological polar surface area (TPSA) is 57.2 Å². The highest BCUT2D eigenvalue weighted by Crippen LogP contribution is 2.60. The first kappa shape index (κ1) is 13.5. The Balaban J connectivity index is 1.82. The molecule has 5 rings (SSSR count). The normalized spacial score (nSPS) is 61.8. The SMILES string of the molecule is C[C@@H]1[C@H](O)O[C@H]2O[C@@]3(C)CC[C@@H]4[C@H](C)CC[C@H]1[C@@]24OO3. The number of fused-ring (bicyclic) bond motifs is 2. The van der Waals surface area contributed by atoms with E-state index in [0.717, 1.165) is 19.3 Å². The van der Waals surface area contributed by atoms with Crippen LogP contribution in [0.15, 0.2) is 0 Å². The molecule has 5 aliphatic rings. The minimum Gasteiger partial charge on any atom is -0.368 e. The molecule has 1 N–H and O–H groups in total. The molecule has 0 radical (unpaired) electrons. The third kappa shape index (κ3) is 1.56. The van der Waals surface area contributed by atoms with Crippen molar-refractivity contribution in [3.8, 4) is 0 Å². The van der Waals surface area contributed by atoms with Gasteiger partial charge >= 0.3 is 0 Å². The van der Waals surface area contributed by atoms with Crippen molar-refractivity contribution in [2.75, 3.05) is 0 Å². The van der Waals surface area contributed by atoms with Crippen LogP contribution in [0, 0.1) is 23.7 Å². The van der Waals surface area contributed by atoms with Gasteiger partial charge < -0.3 is 14.6 Å². The van der Waals surface area contributed by atoms with Gasteiger partial charge in [0, 0.05) is 18.3 Å². The molecule has 4 aliphatic heterocycles. The summed E-state index contributed by atoms with van der Waals surface area (Å²) in [6.45, 7) is 6.22. The van der Waals surface area contributed by atoms with Gasteiger partial charge in [0.2, 0.25) is 5.79 Å². The molecule has 1 saturated carbocycles. The van der Waals surface area contributed by atoms with Crippen molar-refractivity contribution in [1.82, 2.24) is 0 Å². The molecule has 1 spiro atoms. The lowest BCUT2D eigenvalue weighted by molar-refractivity contribution is -0.576. The van der Waals surface area contributed by atoms with Crippen LogP contribution in [-0.2, 0) is 19.2 Å². The standard InChI is InChI=1S/C15H24O5/c1-8-4-5-11-9(2)12(16)17-13-15(11)10(8)6-7-14(3,18-13)19-20-15/h8-13,16H,4-7H2,1-3H3/t8-,9+,10-,11-,12-,13+,14-,15-/m1/s1. The summed E-state index contributed by atoms with van der Waals surface area (Å²) in [5, 5.41) is 10.2. The van der Waals surface area contributed by atoms with E-state index in [-0.39, 0.29) is 11.8 Å². The largest absolute Gasteiger partial charge is 0.368 e. The number of hydrogen-bond acceptors (Lipinski definition) is 5. The maximum atomic E-state index is 10.2. The monoisotopic (exact) mass is 284 g/mol. The smallest absolute Gasteiger partial charge is 0.201 e. The molecular formula is C15H24O5. The van der Waals surface area contributed by atoms with Crippen LogP contribution in [-0.4, -0.2) is 29.1 Å². The quantitative estimate of drug-likeness (QED) is 0.691. The highest BCUT2D eigenvalue weighted by molar-refractivity contribution is 5.08. The second-order valence-corrected chi connectivity index (χ2v) is 7.30. The molecule has 5 heteroatoms. The summed E-state index contributed by atoms with van der Waals surface area (Å²) in [6.07, 6.45) is 2.72. The van der Waals surface area contributed by atoms with Gasteiger partial charge in [-0.15, -0.1) is 0 Å². The highest BCUT2D eigenvalue weighted by atomic mass is 17.3. The summed E-state index contributed by atoms with van der Waals surface area (Å²) < 4.78 is 11.9. The molecule has 0 aromatic rings. The van der Waals surface area contributed by atoms with Gasteiger partial charge in [-0.25, -0.2) is 9.78 Å². The van der Waals surface area contributed by atoms with Crippen molar-refractivity contribution in [2.24, 2.45) is 23.7 Å². The number of hydrogen-bond donors (Lipinski definition) is 1. The van der Waals surface area contributed by atoms with Crippen molar-refractivity contribution >= 4 is 0 Å². The lowest BCUT2D eigenvalue weighted by Gasteiger charge is -2.59. The molecule has 114 valence electrons. The van der Waals surface area contributed by atoms with E-state index in [9.17, 15) is 5.11 Å². The van der Waals surface area contributed by atoms with E-state index in [0.29, 0.717) is 11.8 Å². The van der Waals surface area contributed by atoms with Gasteiger partial charge in [-0.05, 0) is 38.0 Å². The molecule has 20 heavy (non-hydrogen) atoms. The molecule has 4 saturated heterocycles. The van der Waals surface area contributed by atoms with Crippen molar-refractivity contribution in [3.63, 3.8) is 0 Å². The van der Waals surface area contributed by atoms with Crippen LogP contribution < -0.4 is 0 Å². The van der Waals surface area contributed by atoms with Gasteiger partial charge in [-0.3, -0.25) is 0 Å². The molecule has 5 nitrogen and oxygen atoms in total. The molecule has 2 bridgehead atoms. The molecule has 8 atom stereocenters. The zero-order chi connectivity index (χ0) is 14.1. The average Bonchev–Trinajstić information content (AvgIpc) is 2.63. The highest BCUT2D eigenvalue weighted by Gasteiger charge is 2.69. The van der Waals surface area contributed by atoms with E-state index in [1.165, 1.54) is 6.42 Å². The van der Waals surface area contributed by atoms with E-state index in [1.807, 2.05) is 13.8 Å². The van der Waals surface area contributed by atoms with Gasteiger partial charge in [-0.1, -0.05) is 13.8 Å². The Morgan fingerprint density at radius 1 is 1.05 bits per heavy atom. The maximum absolute atomic E-state index is 10.2. The molecular weight excluding hydrogens is 260 g/mol. The van der Waals surface area contributed by atoms with Gasteiger partial charge in [0.25, 0.3) is 0 Å². The summed E-state index contributed by atoms with van der Waals surface area (Å²) >= 11 is 0. The Hall–Kier alpha value is -0.200. The van der Waals surface area contributed by atoms with Crippen LogP contribution >= 0.6 is 0 Å². The van der Waals surface area contributed by atoms with E-state index in [1.54, 1.807) is 0 Å². The Morgan fingerprint density at radius 3 is 2.65 bits per heavy atom. The van der Waals surface area contributed by atoms with Crippen LogP contribution in [0.25, 0.3) is 0 Å². The lowest BCUT2D eigenvalue weighted by atomic mass is 9.58. The first-order valence-electron chi connectivity index (χ1n) is 7.84. The Morgan fingerprint density at radius 2 is 1.85 bits per heavy atom. The fourth-order valence-corrected chi connectivity index (χ4v) is 4.89. The van der Waals surface area contributed by atoms with Crippen LogP contribution in [0.2, 0.25) is 0 Å². The second kappa shape index (κ2) is 4.17. The number of ether oxygens (including phenoxy) is 2. The zero-order valence-electron chi connectivity index (χ0n) is 12.4. The number of aliphatic hydroxyl groups excluding tert-OH is 1. The summed E-state index contributed by atoms with van der Waals surface area (Å²) in [5.74, 6) is 0.437. The number of aliphatic hydroxyl groups is 1. The third-order valence-corrected chi connectivity index (χ3v) is 6.12. The van der Waals surface area contributed by atoms with Crippen molar-refractivity contribution < 1.29 is 24.4 Å². The molecule has 1 aliphatic carbocycles. The molecule has 4 heterocycles. The van der Waals surface area contributed by atoms with E-state index >= 15 is 0 Å². The van der Waals surface area contributed by atoms with Gasteiger partial charge in [0.05, 0.1) is 0 Å². The minimum atomic E-state index is -0.781. The van der Waals surface area contributed by atoms with Gasteiger partial charge in [0.1, 0.15) is 0 Å². The fraction of sp³-hybridized carbons (Fsp3) is 1.00. The maximum Gasteiger partial charge on any atom is 0.201 e. The lowest BCUT2D eigenvalue weighted by Crippen LogP contribution is -2.70. The Kier molecular flexibility index (Phi) is 2.81. The van der Waals surface area contributed by atoms with Crippen LogP contribution in [0.5, 0.6) is 0 Å². The predicted octanol–water partition coefficient (Wildman–Crippen LogP) is 2.19. The van der Waals surface area contributed by atoms with E-state index < -0.39 is 24.0 Å². The van der Waals surface area contributed by atoms with E-state index in [4.69, 9.17) is 19.2 Å². The molecule has 0 aromatic carbocycles. The summed E-state index contributed by atoms with van der Waals surface area (Å²) in [5.41, 5.74) is -0.549. The fourth-order valence-electron chi connectivity index (χ4n) is 4.89. The summed E-state index contributed by atoms with van der Waals surface area (Å²) in [6, 6.07) is 0. The Bertz CT molecular complexity index is 411. The van der Waals surface area contributed by atoms with Gasteiger partial charge in [0.15, 0.2) is 18.2 Å². The summed E-state index contributed by atoms with van der Waals surface area (Å²) in [7, 11) is 0. The van der Waals surface area contributed by atoms with E-state index in [2.05, 4.69) is 6.92 Å². The number of rotatable bonds is 0. The predicted molar refractivity (Wildman–Crippen MR) is 69.0 cm³/mol. The zero-order valence-corrected chi connectivity index (χ0v) is 12.4. The molecule has 0 unspecified atom stereocenters. The molecule has 0 aromatic heterocycles. The second-order valence-electron chi connectivity index (χ2n) is 7.30. The first-order chi connectivity index (χ1) is 9.46. The molecule has 0 amide bonds.